The predicted molar refractivity (Wildman–Crippen MR) is 101 cm³/mol. The van der Waals surface area contributed by atoms with Gasteiger partial charge in [0.25, 0.3) is 0 Å². The van der Waals surface area contributed by atoms with Gasteiger partial charge in [0, 0.05) is 37.9 Å². The maximum absolute atomic E-state index is 5.53. The number of hydrogen-bond acceptors (Lipinski definition) is 3. The van der Waals surface area contributed by atoms with Crippen LogP contribution in [0.1, 0.15) is 19.4 Å². The molecule has 0 aromatic heterocycles. The molecule has 0 aliphatic carbocycles. The van der Waals surface area contributed by atoms with Gasteiger partial charge in [-0.25, -0.2) is 0 Å². The van der Waals surface area contributed by atoms with Crippen molar-refractivity contribution in [3.63, 3.8) is 0 Å². The van der Waals surface area contributed by atoms with Gasteiger partial charge in [0.1, 0.15) is 5.75 Å². The highest BCUT2D eigenvalue weighted by Gasteiger charge is 2.21. The van der Waals surface area contributed by atoms with E-state index in [1.165, 1.54) is 11.3 Å². The lowest BCUT2D eigenvalue weighted by Crippen LogP contribution is -2.50. The van der Waals surface area contributed by atoms with E-state index in [4.69, 9.17) is 4.74 Å². The molecule has 1 atom stereocenters. The van der Waals surface area contributed by atoms with Crippen molar-refractivity contribution in [1.82, 2.24) is 4.90 Å². The Morgan fingerprint density at radius 1 is 0.917 bits per heavy atom. The molecule has 1 aliphatic rings. The van der Waals surface area contributed by atoms with E-state index >= 15 is 0 Å². The first-order chi connectivity index (χ1) is 11.8. The van der Waals surface area contributed by atoms with Gasteiger partial charge in [-0.15, -0.1) is 0 Å². The average molecular weight is 324 g/mol. The third kappa shape index (κ3) is 4.30. The van der Waals surface area contributed by atoms with Gasteiger partial charge < -0.3 is 9.64 Å². The predicted octanol–water partition coefficient (Wildman–Crippen LogP) is 3.84. The van der Waals surface area contributed by atoms with Crippen molar-refractivity contribution in [2.24, 2.45) is 0 Å². The second-order valence-electron chi connectivity index (χ2n) is 6.49. The number of ether oxygens (including phenoxy) is 1. The Morgan fingerprint density at radius 3 is 2.21 bits per heavy atom. The summed E-state index contributed by atoms with van der Waals surface area (Å²) in [5, 5.41) is 0. The first-order valence-electron chi connectivity index (χ1n) is 9.02. The van der Waals surface area contributed by atoms with Crippen LogP contribution in [0, 0.1) is 0 Å². The smallest absolute Gasteiger partial charge is 0.119 e. The Bertz CT molecular complexity index is 603. The summed E-state index contributed by atoms with van der Waals surface area (Å²) in [6.45, 7) is 9.52. The van der Waals surface area contributed by atoms with E-state index in [1.54, 1.807) is 0 Å². The molecule has 0 radical (unpaired) electrons. The normalized spacial score (nSPS) is 16.8. The molecule has 128 valence electrons. The summed E-state index contributed by atoms with van der Waals surface area (Å²) in [7, 11) is 0. The van der Waals surface area contributed by atoms with Crippen LogP contribution in [0.4, 0.5) is 5.69 Å². The summed E-state index contributed by atoms with van der Waals surface area (Å²) in [6, 6.07) is 19.9. The van der Waals surface area contributed by atoms with Crippen molar-refractivity contribution >= 4 is 5.69 Å². The molecule has 1 aliphatic heterocycles. The highest BCUT2D eigenvalue weighted by molar-refractivity contribution is 5.49. The molecule has 1 fully saturated rings. The lowest BCUT2D eigenvalue weighted by Gasteiger charge is -2.39. The summed E-state index contributed by atoms with van der Waals surface area (Å²) in [5.41, 5.74) is 2.73. The van der Waals surface area contributed by atoms with Crippen LogP contribution in [-0.4, -0.2) is 43.7 Å². The highest BCUT2D eigenvalue weighted by atomic mass is 16.5. The van der Waals surface area contributed by atoms with E-state index in [-0.39, 0.29) is 0 Å². The Labute approximate surface area is 145 Å². The zero-order valence-electron chi connectivity index (χ0n) is 14.8. The Kier molecular flexibility index (Phi) is 5.76. The largest absolute Gasteiger partial charge is 0.494 e. The maximum Gasteiger partial charge on any atom is 0.119 e. The SMILES string of the molecule is CCOc1ccc(N2CCN(C(C)Cc3ccccc3)CC2)cc1. The minimum atomic E-state index is 0.592. The zero-order chi connectivity index (χ0) is 16.8. The van der Waals surface area contributed by atoms with Crippen LogP contribution in [-0.2, 0) is 6.42 Å². The molecule has 0 amide bonds. The lowest BCUT2D eigenvalue weighted by atomic mass is 10.1. The van der Waals surface area contributed by atoms with Crippen LogP contribution >= 0.6 is 0 Å². The monoisotopic (exact) mass is 324 g/mol. The molecule has 1 unspecified atom stereocenters. The Hall–Kier alpha value is -2.00. The van der Waals surface area contributed by atoms with Gasteiger partial charge >= 0.3 is 0 Å². The van der Waals surface area contributed by atoms with E-state index in [0.717, 1.165) is 45.0 Å². The van der Waals surface area contributed by atoms with Gasteiger partial charge in [0.15, 0.2) is 0 Å². The molecule has 0 spiro atoms. The van der Waals surface area contributed by atoms with Crippen LogP contribution in [0.2, 0.25) is 0 Å². The molecule has 3 heteroatoms. The van der Waals surface area contributed by atoms with Crippen molar-refractivity contribution in [1.29, 1.82) is 0 Å². The molecule has 1 saturated heterocycles. The van der Waals surface area contributed by atoms with Crippen LogP contribution in [0.15, 0.2) is 54.6 Å². The van der Waals surface area contributed by atoms with Gasteiger partial charge in [0.2, 0.25) is 0 Å². The van der Waals surface area contributed by atoms with Gasteiger partial charge in [-0.3, -0.25) is 4.90 Å². The minimum absolute atomic E-state index is 0.592. The summed E-state index contributed by atoms with van der Waals surface area (Å²) in [6.07, 6.45) is 1.13. The first kappa shape index (κ1) is 16.8. The van der Waals surface area contributed by atoms with Crippen LogP contribution < -0.4 is 9.64 Å². The van der Waals surface area contributed by atoms with Gasteiger partial charge in [-0.2, -0.15) is 0 Å². The van der Waals surface area contributed by atoms with E-state index in [9.17, 15) is 0 Å². The molecule has 3 rings (SSSR count). The molecule has 0 bridgehead atoms. The molecule has 0 saturated carbocycles. The Balaban J connectivity index is 1.51. The van der Waals surface area contributed by atoms with E-state index < -0.39 is 0 Å². The second-order valence-corrected chi connectivity index (χ2v) is 6.49. The summed E-state index contributed by atoms with van der Waals surface area (Å²) in [4.78, 5) is 5.08. The van der Waals surface area contributed by atoms with E-state index in [2.05, 4.69) is 71.3 Å². The van der Waals surface area contributed by atoms with Crippen LogP contribution in [0.25, 0.3) is 0 Å². The molecule has 2 aromatic carbocycles. The molecular weight excluding hydrogens is 296 g/mol. The van der Waals surface area contributed by atoms with Crippen molar-refractivity contribution in [2.45, 2.75) is 26.3 Å². The zero-order valence-corrected chi connectivity index (χ0v) is 14.8. The quantitative estimate of drug-likeness (QED) is 0.803. The molecule has 24 heavy (non-hydrogen) atoms. The van der Waals surface area contributed by atoms with Gasteiger partial charge in [-0.1, -0.05) is 30.3 Å². The second kappa shape index (κ2) is 8.20. The third-order valence-electron chi connectivity index (χ3n) is 4.82. The number of benzene rings is 2. The van der Waals surface area contributed by atoms with Crippen molar-refractivity contribution in [3.8, 4) is 5.75 Å². The molecule has 1 heterocycles. The van der Waals surface area contributed by atoms with E-state index in [0.29, 0.717) is 6.04 Å². The number of rotatable bonds is 6. The van der Waals surface area contributed by atoms with Crippen molar-refractivity contribution in [2.75, 3.05) is 37.7 Å². The van der Waals surface area contributed by atoms with Gasteiger partial charge in [-0.05, 0) is 50.1 Å². The number of hydrogen-bond donors (Lipinski definition) is 0. The Morgan fingerprint density at radius 2 is 1.58 bits per heavy atom. The third-order valence-corrected chi connectivity index (χ3v) is 4.82. The molecule has 0 N–H and O–H groups in total. The summed E-state index contributed by atoms with van der Waals surface area (Å²) >= 11 is 0. The fourth-order valence-electron chi connectivity index (χ4n) is 3.43. The van der Waals surface area contributed by atoms with Crippen molar-refractivity contribution < 1.29 is 4.74 Å². The first-order valence-corrected chi connectivity index (χ1v) is 9.02. The van der Waals surface area contributed by atoms with Gasteiger partial charge in [0.05, 0.1) is 6.61 Å². The van der Waals surface area contributed by atoms with Crippen LogP contribution in [0.3, 0.4) is 0 Å². The summed E-state index contributed by atoms with van der Waals surface area (Å²) in [5.74, 6) is 0.955. The molecule has 2 aromatic rings. The summed E-state index contributed by atoms with van der Waals surface area (Å²) < 4.78 is 5.53. The number of anilines is 1. The fourth-order valence-corrected chi connectivity index (χ4v) is 3.43. The lowest BCUT2D eigenvalue weighted by molar-refractivity contribution is 0.196. The highest BCUT2D eigenvalue weighted by Crippen LogP contribution is 2.21. The molecular formula is C21H28N2O. The maximum atomic E-state index is 5.53. The van der Waals surface area contributed by atoms with E-state index in [1.807, 2.05) is 6.92 Å². The van der Waals surface area contributed by atoms with Crippen molar-refractivity contribution in [3.05, 3.63) is 60.2 Å². The topological polar surface area (TPSA) is 15.7 Å². The standard InChI is InChI=1S/C21H28N2O/c1-3-24-21-11-9-20(10-12-21)23-15-13-22(14-16-23)18(2)17-19-7-5-4-6-8-19/h4-12,18H,3,13-17H2,1-2H3. The number of nitrogens with zero attached hydrogens (tertiary/aromatic N) is 2. The minimum Gasteiger partial charge on any atom is -0.494 e. The average Bonchev–Trinajstić information content (AvgIpc) is 2.64. The molecule has 3 nitrogen and oxygen atoms in total. The fraction of sp³-hybridized carbons (Fsp3) is 0.429. The number of piperazine rings is 1. The van der Waals surface area contributed by atoms with Crippen LogP contribution in [0.5, 0.6) is 5.75 Å².